The topological polar surface area (TPSA) is 61.4 Å². The number of nitrogens with one attached hydrogen (secondary N) is 2. The molecule has 1 aromatic rings. The lowest BCUT2D eigenvalue weighted by molar-refractivity contribution is 0.201. The molecule has 0 saturated heterocycles. The molecule has 0 unspecified atom stereocenters. The molecular weight excluding hydrogens is 316 g/mol. The first kappa shape index (κ1) is 15.5. The van der Waals surface area contributed by atoms with Crippen LogP contribution >= 0.6 is 27.3 Å². The van der Waals surface area contributed by atoms with Gasteiger partial charge in [-0.1, -0.05) is 13.8 Å². The van der Waals surface area contributed by atoms with E-state index in [1.54, 1.807) is 11.3 Å². The van der Waals surface area contributed by atoms with Gasteiger partial charge in [0.05, 0.1) is 6.54 Å². The first-order valence-electron chi connectivity index (χ1n) is 5.78. The molecule has 0 spiro atoms. The number of halogens is 1. The van der Waals surface area contributed by atoms with Crippen LogP contribution in [0.2, 0.25) is 0 Å². The molecule has 0 atom stereocenters. The number of aliphatic hydroxyl groups excluding tert-OH is 1. The van der Waals surface area contributed by atoms with Crippen LogP contribution in [0.25, 0.3) is 0 Å². The molecule has 0 aliphatic heterocycles. The van der Waals surface area contributed by atoms with Crippen molar-refractivity contribution in [2.75, 3.05) is 13.2 Å². The Kier molecular flexibility index (Phi) is 6.11. The normalized spacial score (nSPS) is 11.3. The van der Waals surface area contributed by atoms with Gasteiger partial charge in [0.25, 0.3) is 0 Å². The number of hydrogen-bond donors (Lipinski definition) is 3. The maximum Gasteiger partial charge on any atom is 0.315 e. The highest BCUT2D eigenvalue weighted by molar-refractivity contribution is 9.10. The Morgan fingerprint density at radius 1 is 1.50 bits per heavy atom. The van der Waals surface area contributed by atoms with E-state index < -0.39 is 0 Å². The summed E-state index contributed by atoms with van der Waals surface area (Å²) in [5.41, 5.74) is -0.0853. The number of hydrogen-bond acceptors (Lipinski definition) is 3. The monoisotopic (exact) mass is 334 g/mol. The van der Waals surface area contributed by atoms with Crippen molar-refractivity contribution in [2.24, 2.45) is 5.41 Å². The smallest absolute Gasteiger partial charge is 0.315 e. The maximum absolute atomic E-state index is 11.6. The first-order valence-corrected chi connectivity index (χ1v) is 7.46. The fourth-order valence-electron chi connectivity index (χ4n) is 1.39. The second-order valence-electron chi connectivity index (χ2n) is 4.91. The highest BCUT2D eigenvalue weighted by Crippen LogP contribution is 2.19. The molecule has 3 N–H and O–H groups in total. The van der Waals surface area contributed by atoms with Crippen LogP contribution in [-0.2, 0) is 6.54 Å². The molecule has 1 heterocycles. The molecule has 0 aromatic carbocycles. The molecule has 2 amide bonds. The summed E-state index contributed by atoms with van der Waals surface area (Å²) in [5.74, 6) is 0. The second kappa shape index (κ2) is 7.11. The van der Waals surface area contributed by atoms with E-state index in [-0.39, 0.29) is 18.1 Å². The van der Waals surface area contributed by atoms with Gasteiger partial charge in [0.15, 0.2) is 0 Å². The standard InChI is InChI=1S/C12H19BrN2O2S/c1-12(2,3-4-16)8-15-11(17)14-6-10-5-9(13)7-18-10/h5,7,16H,3-4,6,8H2,1-2H3,(H2,14,15,17). The average molecular weight is 335 g/mol. The van der Waals surface area contributed by atoms with Crippen LogP contribution in [-0.4, -0.2) is 24.3 Å². The highest BCUT2D eigenvalue weighted by atomic mass is 79.9. The maximum atomic E-state index is 11.6. The van der Waals surface area contributed by atoms with Crippen molar-refractivity contribution in [1.29, 1.82) is 0 Å². The van der Waals surface area contributed by atoms with Crippen LogP contribution in [0, 0.1) is 5.41 Å². The van der Waals surface area contributed by atoms with E-state index in [4.69, 9.17) is 5.11 Å². The van der Waals surface area contributed by atoms with Crippen molar-refractivity contribution < 1.29 is 9.90 Å². The molecule has 0 saturated carbocycles. The zero-order valence-corrected chi connectivity index (χ0v) is 13.0. The third-order valence-electron chi connectivity index (χ3n) is 2.56. The second-order valence-corrected chi connectivity index (χ2v) is 6.82. The van der Waals surface area contributed by atoms with Gasteiger partial charge in [-0.25, -0.2) is 4.79 Å². The lowest BCUT2D eigenvalue weighted by Gasteiger charge is -2.23. The number of rotatable bonds is 6. The van der Waals surface area contributed by atoms with Gasteiger partial charge in [-0.3, -0.25) is 0 Å². The van der Waals surface area contributed by atoms with E-state index in [9.17, 15) is 4.79 Å². The van der Waals surface area contributed by atoms with Gasteiger partial charge in [-0.2, -0.15) is 0 Å². The quantitative estimate of drug-likeness (QED) is 0.749. The van der Waals surface area contributed by atoms with Crippen molar-refractivity contribution in [3.63, 3.8) is 0 Å². The molecule has 6 heteroatoms. The van der Waals surface area contributed by atoms with Gasteiger partial charge in [0, 0.05) is 27.9 Å². The molecule has 102 valence electrons. The fraction of sp³-hybridized carbons (Fsp3) is 0.583. The van der Waals surface area contributed by atoms with Crippen molar-refractivity contribution in [2.45, 2.75) is 26.8 Å². The Balaban J connectivity index is 2.26. The molecule has 0 aliphatic carbocycles. The SMILES string of the molecule is CC(C)(CCO)CNC(=O)NCc1cc(Br)cs1. The van der Waals surface area contributed by atoms with Crippen LogP contribution in [0.1, 0.15) is 25.1 Å². The lowest BCUT2D eigenvalue weighted by atomic mass is 9.90. The molecule has 1 aromatic heterocycles. The Morgan fingerprint density at radius 3 is 2.78 bits per heavy atom. The number of carbonyl (C=O) groups is 1. The number of aliphatic hydroxyl groups is 1. The molecule has 0 aliphatic rings. The summed E-state index contributed by atoms with van der Waals surface area (Å²) in [6.45, 7) is 5.25. The molecule has 18 heavy (non-hydrogen) atoms. The van der Waals surface area contributed by atoms with Crippen LogP contribution in [0.4, 0.5) is 4.79 Å². The molecule has 1 rings (SSSR count). The highest BCUT2D eigenvalue weighted by Gasteiger charge is 2.17. The summed E-state index contributed by atoms with van der Waals surface area (Å²) in [6, 6.07) is 1.81. The average Bonchev–Trinajstić information content (AvgIpc) is 2.70. The summed E-state index contributed by atoms with van der Waals surface area (Å²) in [5, 5.41) is 16.5. The van der Waals surface area contributed by atoms with Gasteiger partial charge in [0.1, 0.15) is 0 Å². The minimum absolute atomic E-state index is 0.0853. The van der Waals surface area contributed by atoms with E-state index in [1.165, 1.54) is 0 Å². The number of urea groups is 1. The van der Waals surface area contributed by atoms with Crippen LogP contribution < -0.4 is 10.6 Å². The third kappa shape index (κ3) is 5.84. The van der Waals surface area contributed by atoms with Gasteiger partial charge in [-0.05, 0) is 33.8 Å². The van der Waals surface area contributed by atoms with Gasteiger partial charge >= 0.3 is 6.03 Å². The fourth-order valence-corrected chi connectivity index (χ4v) is 2.78. The van der Waals surface area contributed by atoms with E-state index >= 15 is 0 Å². The number of thiophene rings is 1. The number of carbonyl (C=O) groups excluding carboxylic acids is 1. The lowest BCUT2D eigenvalue weighted by Crippen LogP contribution is -2.40. The Hall–Kier alpha value is -0.590. The Morgan fingerprint density at radius 2 is 2.22 bits per heavy atom. The third-order valence-corrected chi connectivity index (χ3v) is 4.26. The largest absolute Gasteiger partial charge is 0.396 e. The summed E-state index contributed by atoms with van der Waals surface area (Å²) in [4.78, 5) is 12.7. The Bertz CT molecular complexity index is 393. The first-order chi connectivity index (χ1) is 8.43. The van der Waals surface area contributed by atoms with Gasteiger partial charge in [-0.15, -0.1) is 11.3 Å². The van der Waals surface area contributed by atoms with Crippen LogP contribution in [0.5, 0.6) is 0 Å². The molecular formula is C12H19BrN2O2S. The molecule has 0 bridgehead atoms. The predicted octanol–water partition coefficient (Wildman–Crippen LogP) is 2.72. The summed E-state index contributed by atoms with van der Waals surface area (Å²) >= 11 is 4.97. The van der Waals surface area contributed by atoms with Crippen molar-refractivity contribution in [3.05, 3.63) is 20.8 Å². The summed E-state index contributed by atoms with van der Waals surface area (Å²) < 4.78 is 1.04. The van der Waals surface area contributed by atoms with E-state index in [0.717, 1.165) is 9.35 Å². The van der Waals surface area contributed by atoms with Crippen LogP contribution in [0.3, 0.4) is 0 Å². The van der Waals surface area contributed by atoms with E-state index in [2.05, 4.69) is 26.6 Å². The summed E-state index contributed by atoms with van der Waals surface area (Å²) in [6.07, 6.45) is 0.672. The molecule has 4 nitrogen and oxygen atoms in total. The van der Waals surface area contributed by atoms with Crippen molar-refractivity contribution >= 4 is 33.3 Å². The number of amides is 2. The zero-order valence-electron chi connectivity index (χ0n) is 10.6. The van der Waals surface area contributed by atoms with Crippen molar-refractivity contribution in [1.82, 2.24) is 10.6 Å². The van der Waals surface area contributed by atoms with Gasteiger partial charge in [0.2, 0.25) is 0 Å². The minimum Gasteiger partial charge on any atom is -0.396 e. The summed E-state index contributed by atoms with van der Waals surface area (Å²) in [7, 11) is 0. The van der Waals surface area contributed by atoms with Crippen LogP contribution in [0.15, 0.2) is 15.9 Å². The molecule has 0 fully saturated rings. The molecule has 0 radical (unpaired) electrons. The van der Waals surface area contributed by atoms with Gasteiger partial charge < -0.3 is 15.7 Å². The van der Waals surface area contributed by atoms with Crippen molar-refractivity contribution in [3.8, 4) is 0 Å². The van der Waals surface area contributed by atoms with E-state index in [1.807, 2.05) is 25.3 Å². The van der Waals surface area contributed by atoms with E-state index in [0.29, 0.717) is 19.5 Å². The predicted molar refractivity (Wildman–Crippen MR) is 77.7 cm³/mol. The Labute approximate surface area is 120 Å². The zero-order chi connectivity index (χ0) is 13.6. The minimum atomic E-state index is -0.175.